The minimum atomic E-state index is -0.201. The molecule has 0 saturated carbocycles. The molecule has 2 heterocycles. The van der Waals surface area contributed by atoms with E-state index in [1.54, 1.807) is 11.3 Å². The lowest BCUT2D eigenvalue weighted by atomic mass is 10.1. The topological polar surface area (TPSA) is 49.9 Å². The van der Waals surface area contributed by atoms with Crippen molar-refractivity contribution >= 4 is 28.8 Å². The monoisotopic (exact) mass is 420 g/mol. The number of fused-ring (bicyclic) bond motifs is 1. The van der Waals surface area contributed by atoms with Gasteiger partial charge in [-0.25, -0.2) is 0 Å². The zero-order valence-corrected chi connectivity index (χ0v) is 17.7. The van der Waals surface area contributed by atoms with E-state index in [1.807, 2.05) is 65.6 Å². The SMILES string of the molecule is C[C@H](Cc1cccs1)N(Cc1ccccc1)C(=O)CN1C(=O)COc2ccccc21. The summed E-state index contributed by atoms with van der Waals surface area (Å²) in [6, 6.07) is 21.4. The van der Waals surface area contributed by atoms with Crippen molar-refractivity contribution in [2.75, 3.05) is 18.1 Å². The van der Waals surface area contributed by atoms with E-state index < -0.39 is 0 Å². The van der Waals surface area contributed by atoms with E-state index in [1.165, 1.54) is 9.78 Å². The van der Waals surface area contributed by atoms with Gasteiger partial charge in [0, 0.05) is 23.9 Å². The number of ether oxygens (including phenoxy) is 1. The number of para-hydroxylation sites is 2. The summed E-state index contributed by atoms with van der Waals surface area (Å²) in [4.78, 5) is 30.6. The summed E-state index contributed by atoms with van der Waals surface area (Å²) in [5.41, 5.74) is 1.71. The predicted octanol–water partition coefficient (Wildman–Crippen LogP) is 4.13. The molecule has 5 nitrogen and oxygen atoms in total. The molecule has 1 aliphatic rings. The van der Waals surface area contributed by atoms with E-state index in [0.29, 0.717) is 18.0 Å². The second-order valence-corrected chi connectivity index (χ2v) is 8.41. The minimum Gasteiger partial charge on any atom is -0.482 e. The van der Waals surface area contributed by atoms with Crippen molar-refractivity contribution in [1.29, 1.82) is 0 Å². The Balaban J connectivity index is 1.56. The van der Waals surface area contributed by atoms with Crippen molar-refractivity contribution < 1.29 is 14.3 Å². The van der Waals surface area contributed by atoms with Crippen molar-refractivity contribution in [2.24, 2.45) is 0 Å². The van der Waals surface area contributed by atoms with Crippen LogP contribution in [0.25, 0.3) is 0 Å². The number of carbonyl (C=O) groups is 2. The van der Waals surface area contributed by atoms with Crippen molar-refractivity contribution in [3.8, 4) is 5.75 Å². The highest BCUT2D eigenvalue weighted by atomic mass is 32.1. The summed E-state index contributed by atoms with van der Waals surface area (Å²) in [6.07, 6.45) is 0.782. The zero-order valence-electron chi connectivity index (χ0n) is 16.9. The highest BCUT2D eigenvalue weighted by Gasteiger charge is 2.30. The highest BCUT2D eigenvalue weighted by molar-refractivity contribution is 7.09. The molecule has 2 aromatic carbocycles. The third-order valence-electron chi connectivity index (χ3n) is 5.23. The second-order valence-electron chi connectivity index (χ2n) is 7.38. The van der Waals surface area contributed by atoms with Crippen LogP contribution in [0.3, 0.4) is 0 Å². The Kier molecular flexibility index (Phi) is 6.14. The van der Waals surface area contributed by atoms with Gasteiger partial charge in [-0.15, -0.1) is 11.3 Å². The molecule has 0 radical (unpaired) electrons. The maximum Gasteiger partial charge on any atom is 0.265 e. The molecule has 0 bridgehead atoms. The number of carbonyl (C=O) groups excluding carboxylic acids is 2. The largest absolute Gasteiger partial charge is 0.482 e. The summed E-state index contributed by atoms with van der Waals surface area (Å²) in [5, 5.41) is 2.05. The van der Waals surface area contributed by atoms with Crippen LogP contribution in [0.5, 0.6) is 5.75 Å². The molecule has 0 unspecified atom stereocenters. The normalized spacial score (nSPS) is 14.0. The lowest BCUT2D eigenvalue weighted by Gasteiger charge is -2.34. The van der Waals surface area contributed by atoms with Crippen LogP contribution >= 0.6 is 11.3 Å². The van der Waals surface area contributed by atoms with E-state index >= 15 is 0 Å². The number of hydrogen-bond acceptors (Lipinski definition) is 4. The van der Waals surface area contributed by atoms with Crippen LogP contribution in [-0.2, 0) is 22.6 Å². The first-order valence-electron chi connectivity index (χ1n) is 10.00. The summed E-state index contributed by atoms with van der Waals surface area (Å²) in [6.45, 7) is 2.52. The summed E-state index contributed by atoms with van der Waals surface area (Å²) in [7, 11) is 0. The number of thiophene rings is 1. The number of hydrogen-bond donors (Lipinski definition) is 0. The fourth-order valence-corrected chi connectivity index (χ4v) is 4.48. The standard InChI is InChI=1S/C24H24N2O3S/c1-18(14-20-10-7-13-30-20)25(15-19-8-3-2-4-9-19)23(27)16-26-21-11-5-6-12-22(21)29-17-24(26)28/h2-13,18H,14-17H2,1H3/t18-/m1/s1. The molecular weight excluding hydrogens is 396 g/mol. The van der Waals surface area contributed by atoms with Gasteiger partial charge in [-0.1, -0.05) is 48.5 Å². The molecule has 154 valence electrons. The Morgan fingerprint density at radius 1 is 1.10 bits per heavy atom. The molecule has 6 heteroatoms. The van der Waals surface area contributed by atoms with Crippen molar-refractivity contribution in [1.82, 2.24) is 4.90 Å². The Morgan fingerprint density at radius 3 is 2.63 bits per heavy atom. The molecule has 0 saturated heterocycles. The van der Waals surface area contributed by atoms with E-state index in [4.69, 9.17) is 4.74 Å². The Morgan fingerprint density at radius 2 is 1.87 bits per heavy atom. The third-order valence-corrected chi connectivity index (χ3v) is 6.13. The average molecular weight is 421 g/mol. The summed E-state index contributed by atoms with van der Waals surface area (Å²) >= 11 is 1.69. The lowest BCUT2D eigenvalue weighted by Crippen LogP contribution is -2.48. The summed E-state index contributed by atoms with van der Waals surface area (Å²) < 4.78 is 5.51. The van der Waals surface area contributed by atoms with E-state index in [9.17, 15) is 9.59 Å². The van der Waals surface area contributed by atoms with Crippen LogP contribution in [0.2, 0.25) is 0 Å². The highest BCUT2D eigenvalue weighted by Crippen LogP contribution is 2.31. The third kappa shape index (κ3) is 4.54. The minimum absolute atomic E-state index is 0.000814. The first-order chi connectivity index (χ1) is 14.6. The van der Waals surface area contributed by atoms with Crippen LogP contribution in [-0.4, -0.2) is 35.9 Å². The molecule has 0 spiro atoms. The van der Waals surface area contributed by atoms with Crippen LogP contribution in [0, 0.1) is 0 Å². The first-order valence-corrected chi connectivity index (χ1v) is 10.9. The van der Waals surface area contributed by atoms with E-state index in [0.717, 1.165) is 12.0 Å². The van der Waals surface area contributed by atoms with Crippen LogP contribution < -0.4 is 9.64 Å². The molecule has 30 heavy (non-hydrogen) atoms. The van der Waals surface area contributed by atoms with Gasteiger partial charge in [0.2, 0.25) is 5.91 Å². The lowest BCUT2D eigenvalue weighted by molar-refractivity contribution is -0.134. The van der Waals surface area contributed by atoms with Crippen LogP contribution in [0.4, 0.5) is 5.69 Å². The fourth-order valence-electron chi connectivity index (χ4n) is 3.65. The maximum atomic E-state index is 13.4. The molecule has 1 aliphatic heterocycles. The quantitative estimate of drug-likeness (QED) is 0.577. The van der Waals surface area contributed by atoms with Gasteiger partial charge in [-0.05, 0) is 36.1 Å². The Labute approximate surface area is 180 Å². The van der Waals surface area contributed by atoms with Crippen LogP contribution in [0.15, 0.2) is 72.1 Å². The molecule has 0 fully saturated rings. The number of rotatable bonds is 7. The van der Waals surface area contributed by atoms with E-state index in [-0.39, 0.29) is 31.0 Å². The smallest absolute Gasteiger partial charge is 0.265 e. The van der Waals surface area contributed by atoms with Gasteiger partial charge in [0.1, 0.15) is 12.3 Å². The maximum absolute atomic E-state index is 13.4. The molecule has 0 aliphatic carbocycles. The predicted molar refractivity (Wildman–Crippen MR) is 119 cm³/mol. The zero-order chi connectivity index (χ0) is 20.9. The number of anilines is 1. The first kappa shape index (κ1) is 20.2. The second kappa shape index (κ2) is 9.13. The van der Waals surface area contributed by atoms with Gasteiger partial charge in [0.15, 0.2) is 6.61 Å². The molecule has 1 atom stereocenters. The molecule has 4 rings (SSSR count). The Bertz CT molecular complexity index is 1000. The molecule has 0 N–H and O–H groups in total. The molecular formula is C24H24N2O3S. The molecule has 1 aromatic heterocycles. The van der Waals surface area contributed by atoms with Gasteiger partial charge in [0.25, 0.3) is 5.91 Å². The average Bonchev–Trinajstić information content (AvgIpc) is 3.27. The fraction of sp³-hybridized carbons (Fsp3) is 0.250. The van der Waals surface area contributed by atoms with Gasteiger partial charge < -0.3 is 9.64 Å². The van der Waals surface area contributed by atoms with Gasteiger partial charge in [-0.2, -0.15) is 0 Å². The Hall–Kier alpha value is -3.12. The van der Waals surface area contributed by atoms with Gasteiger partial charge in [-0.3, -0.25) is 14.5 Å². The number of nitrogens with zero attached hydrogens (tertiary/aromatic N) is 2. The van der Waals surface area contributed by atoms with Gasteiger partial charge in [0.05, 0.1) is 5.69 Å². The summed E-state index contributed by atoms with van der Waals surface area (Å²) in [5.74, 6) is 0.353. The van der Waals surface area contributed by atoms with Crippen LogP contribution in [0.1, 0.15) is 17.4 Å². The number of benzene rings is 2. The molecule has 2 amide bonds. The number of amides is 2. The van der Waals surface area contributed by atoms with Gasteiger partial charge >= 0.3 is 0 Å². The van der Waals surface area contributed by atoms with Crippen molar-refractivity contribution in [3.63, 3.8) is 0 Å². The van der Waals surface area contributed by atoms with Crippen molar-refractivity contribution in [2.45, 2.75) is 25.9 Å². The van der Waals surface area contributed by atoms with Crippen molar-refractivity contribution in [3.05, 3.63) is 82.6 Å². The van der Waals surface area contributed by atoms with E-state index in [2.05, 4.69) is 18.4 Å². The molecule has 3 aromatic rings.